The molecule has 6 nitrogen and oxygen atoms in total. The van der Waals surface area contributed by atoms with Crippen LogP contribution in [0.4, 0.5) is 0 Å². The third kappa shape index (κ3) is 5.38. The lowest BCUT2D eigenvalue weighted by molar-refractivity contribution is 0.298. The Morgan fingerprint density at radius 2 is 0.758 bits per heavy atom. The molecule has 4 rings (SSSR count). The second-order valence-electron chi connectivity index (χ2n) is 7.32. The van der Waals surface area contributed by atoms with Gasteiger partial charge in [0.2, 0.25) is 0 Å². The number of hydrogen-bond donors (Lipinski definition) is 0. The van der Waals surface area contributed by atoms with Crippen LogP contribution in [0, 0.1) is 0 Å². The second-order valence-corrected chi connectivity index (χ2v) is 7.32. The van der Waals surface area contributed by atoms with Gasteiger partial charge in [-0.3, -0.25) is 0 Å². The predicted molar refractivity (Wildman–Crippen MR) is 132 cm³/mol. The van der Waals surface area contributed by atoms with Crippen LogP contribution in [0.1, 0.15) is 20.8 Å². The summed E-state index contributed by atoms with van der Waals surface area (Å²) in [4.78, 5) is 0. The fraction of sp³-hybridized carbons (Fsp3) is 0.250. The van der Waals surface area contributed by atoms with Crippen molar-refractivity contribution in [3.05, 3.63) is 72.8 Å². The first-order valence-electron chi connectivity index (χ1n) is 11.4. The molecule has 33 heavy (non-hydrogen) atoms. The van der Waals surface area contributed by atoms with Gasteiger partial charge in [0.15, 0.2) is 0 Å². The number of ether oxygens (including phenoxy) is 3. The fourth-order valence-corrected chi connectivity index (χ4v) is 3.76. The summed E-state index contributed by atoms with van der Waals surface area (Å²) >= 11 is 0. The topological polar surface area (TPSA) is 55.4 Å². The van der Waals surface area contributed by atoms with Gasteiger partial charge in [-0.05, 0) is 39.0 Å². The van der Waals surface area contributed by atoms with Crippen molar-refractivity contribution in [2.45, 2.75) is 20.8 Å². The number of rotatable bonds is 9. The zero-order valence-electron chi connectivity index (χ0n) is 19.2. The Morgan fingerprint density at radius 3 is 1.03 bits per heavy atom. The first kappa shape index (κ1) is 23.3. The first-order valence-corrected chi connectivity index (χ1v) is 11.4. The standard InChI is InChI=1S/C24H27B3O6/c1-4-28-22-16-10-7-13-19(22)25-31-26(20-14-8-11-17-23(20)29-5-2)33-27(32-25)21-15-9-12-18-24(21)30-6-3/h7-18H,4-6H2,1-3H3. The van der Waals surface area contributed by atoms with E-state index in [1.807, 2.05) is 93.6 Å². The molecule has 1 saturated heterocycles. The van der Waals surface area contributed by atoms with Gasteiger partial charge in [-0.15, -0.1) is 0 Å². The Balaban J connectivity index is 1.75. The lowest BCUT2D eigenvalue weighted by atomic mass is 9.61. The fourth-order valence-electron chi connectivity index (χ4n) is 3.76. The summed E-state index contributed by atoms with van der Waals surface area (Å²) in [5.41, 5.74) is 2.38. The van der Waals surface area contributed by atoms with Crippen molar-refractivity contribution in [3.8, 4) is 17.2 Å². The van der Waals surface area contributed by atoms with Crippen LogP contribution < -0.4 is 30.6 Å². The third-order valence-corrected chi connectivity index (χ3v) is 5.16. The molecule has 0 unspecified atom stereocenters. The van der Waals surface area contributed by atoms with Gasteiger partial charge in [-0.2, -0.15) is 0 Å². The summed E-state index contributed by atoms with van der Waals surface area (Å²) in [5.74, 6) is 2.13. The molecule has 0 spiro atoms. The van der Waals surface area contributed by atoms with Crippen LogP contribution >= 0.6 is 0 Å². The van der Waals surface area contributed by atoms with Crippen LogP contribution in [0.5, 0.6) is 17.2 Å². The molecule has 1 aliphatic heterocycles. The summed E-state index contributed by atoms with van der Waals surface area (Å²) in [6.45, 7) is 7.45. The lowest BCUT2D eigenvalue weighted by Gasteiger charge is -2.33. The highest BCUT2D eigenvalue weighted by atomic mass is 16.7. The molecule has 0 aromatic heterocycles. The van der Waals surface area contributed by atoms with Gasteiger partial charge in [-0.25, -0.2) is 0 Å². The summed E-state index contributed by atoms with van der Waals surface area (Å²) in [6.07, 6.45) is 0. The van der Waals surface area contributed by atoms with E-state index in [1.165, 1.54) is 0 Å². The monoisotopic (exact) mass is 444 g/mol. The van der Waals surface area contributed by atoms with Crippen molar-refractivity contribution >= 4 is 37.7 Å². The minimum atomic E-state index is -0.721. The maximum absolute atomic E-state index is 6.34. The molecule has 0 radical (unpaired) electrons. The molecule has 1 aliphatic rings. The predicted octanol–water partition coefficient (Wildman–Crippen LogP) is 2.43. The Labute approximate surface area is 196 Å². The van der Waals surface area contributed by atoms with E-state index in [1.54, 1.807) is 0 Å². The molecule has 0 aliphatic carbocycles. The minimum absolute atomic E-state index is 0.535. The number of benzene rings is 3. The molecule has 0 saturated carbocycles. The van der Waals surface area contributed by atoms with E-state index < -0.39 is 21.4 Å². The first-order chi connectivity index (χ1) is 16.2. The zero-order valence-corrected chi connectivity index (χ0v) is 19.2. The number of hydrogen-bond acceptors (Lipinski definition) is 6. The van der Waals surface area contributed by atoms with Crippen molar-refractivity contribution < 1.29 is 27.9 Å². The molecule has 0 N–H and O–H groups in total. The maximum Gasteiger partial charge on any atom is 0.470 e. The van der Waals surface area contributed by atoms with Crippen LogP contribution in [-0.2, 0) is 13.7 Å². The summed E-state index contributed by atoms with van der Waals surface area (Å²) in [6, 6.07) is 23.2. The zero-order chi connectivity index (χ0) is 23.0. The average Bonchev–Trinajstić information content (AvgIpc) is 2.85. The largest absolute Gasteiger partial charge is 0.494 e. The molecule has 3 aromatic rings. The molecule has 0 amide bonds. The van der Waals surface area contributed by atoms with Gasteiger partial charge in [-0.1, -0.05) is 54.6 Å². The summed E-state index contributed by atoms with van der Waals surface area (Å²) in [5, 5.41) is 0. The van der Waals surface area contributed by atoms with Gasteiger partial charge in [0.25, 0.3) is 0 Å². The van der Waals surface area contributed by atoms with E-state index in [-0.39, 0.29) is 0 Å². The smallest absolute Gasteiger partial charge is 0.470 e. The van der Waals surface area contributed by atoms with Crippen LogP contribution in [0.25, 0.3) is 0 Å². The average molecular weight is 444 g/mol. The highest BCUT2D eigenvalue weighted by Crippen LogP contribution is 2.20. The Hall–Kier alpha value is -2.87. The summed E-state index contributed by atoms with van der Waals surface area (Å²) < 4.78 is 36.6. The molecule has 3 aromatic carbocycles. The van der Waals surface area contributed by atoms with E-state index in [0.717, 1.165) is 16.4 Å². The lowest BCUT2D eigenvalue weighted by Crippen LogP contribution is -2.61. The molecule has 168 valence electrons. The van der Waals surface area contributed by atoms with Crippen LogP contribution in [0.2, 0.25) is 0 Å². The van der Waals surface area contributed by atoms with E-state index in [9.17, 15) is 0 Å². The molecule has 1 heterocycles. The van der Waals surface area contributed by atoms with E-state index >= 15 is 0 Å². The van der Waals surface area contributed by atoms with E-state index in [2.05, 4.69) is 0 Å². The molecular formula is C24H27B3O6. The van der Waals surface area contributed by atoms with E-state index in [0.29, 0.717) is 37.1 Å². The second kappa shape index (κ2) is 11.3. The molecule has 0 atom stereocenters. The third-order valence-electron chi connectivity index (χ3n) is 5.16. The Bertz CT molecular complexity index is 912. The van der Waals surface area contributed by atoms with Gasteiger partial charge >= 0.3 is 21.4 Å². The highest BCUT2D eigenvalue weighted by molar-refractivity contribution is 6.87. The van der Waals surface area contributed by atoms with E-state index in [4.69, 9.17) is 27.9 Å². The number of para-hydroxylation sites is 3. The van der Waals surface area contributed by atoms with Crippen molar-refractivity contribution in [2.24, 2.45) is 0 Å². The van der Waals surface area contributed by atoms with Gasteiger partial charge < -0.3 is 27.9 Å². The van der Waals surface area contributed by atoms with Crippen LogP contribution in [0.15, 0.2) is 72.8 Å². The normalized spacial score (nSPS) is 13.7. The molecule has 1 fully saturated rings. The van der Waals surface area contributed by atoms with Gasteiger partial charge in [0, 0.05) is 16.4 Å². The maximum atomic E-state index is 6.34. The highest BCUT2D eigenvalue weighted by Gasteiger charge is 2.46. The van der Waals surface area contributed by atoms with Crippen LogP contribution in [0.3, 0.4) is 0 Å². The van der Waals surface area contributed by atoms with Crippen molar-refractivity contribution in [1.82, 2.24) is 0 Å². The Kier molecular flexibility index (Phi) is 7.99. The van der Waals surface area contributed by atoms with Crippen molar-refractivity contribution in [2.75, 3.05) is 19.8 Å². The van der Waals surface area contributed by atoms with Crippen molar-refractivity contribution in [3.63, 3.8) is 0 Å². The van der Waals surface area contributed by atoms with Crippen molar-refractivity contribution in [1.29, 1.82) is 0 Å². The molecule has 0 bridgehead atoms. The Morgan fingerprint density at radius 1 is 0.485 bits per heavy atom. The minimum Gasteiger partial charge on any atom is -0.494 e. The SMILES string of the molecule is CCOc1ccccc1B1OB(c2ccccc2OCC)OB(c2ccccc2OCC)O1. The van der Waals surface area contributed by atoms with Gasteiger partial charge in [0.05, 0.1) is 19.8 Å². The quantitative estimate of drug-likeness (QED) is 0.473. The molecule has 9 heteroatoms. The van der Waals surface area contributed by atoms with Gasteiger partial charge in [0.1, 0.15) is 17.2 Å². The molecular weight excluding hydrogens is 417 g/mol. The summed E-state index contributed by atoms with van der Waals surface area (Å²) in [7, 11) is -2.16. The van der Waals surface area contributed by atoms with Crippen LogP contribution in [-0.4, -0.2) is 41.2 Å².